The van der Waals surface area contributed by atoms with E-state index in [-0.39, 0.29) is 25.2 Å². The molecule has 1 amide bonds. The fourth-order valence-corrected chi connectivity index (χ4v) is 1.78. The zero-order valence-corrected chi connectivity index (χ0v) is 12.0. The number of carbonyl (C=O) groups is 1. The first-order valence-electron chi connectivity index (χ1n) is 6.84. The van der Waals surface area contributed by atoms with Crippen LogP contribution >= 0.6 is 0 Å². The highest BCUT2D eigenvalue weighted by Gasteiger charge is 2.13. The van der Waals surface area contributed by atoms with E-state index in [4.69, 9.17) is 9.84 Å². The second kappa shape index (κ2) is 9.28. The molecule has 0 bridgehead atoms. The van der Waals surface area contributed by atoms with Crippen molar-refractivity contribution in [1.82, 2.24) is 5.32 Å². The molecule has 1 rings (SSSR count). The normalized spacial score (nSPS) is 11.9. The summed E-state index contributed by atoms with van der Waals surface area (Å²) in [5, 5.41) is 11.7. The van der Waals surface area contributed by atoms with E-state index in [2.05, 4.69) is 11.9 Å². The summed E-state index contributed by atoms with van der Waals surface area (Å²) >= 11 is 0. The van der Waals surface area contributed by atoms with Gasteiger partial charge in [0, 0.05) is 13.0 Å². The number of carbonyl (C=O) groups excluding carboxylic acids is 1. The fourth-order valence-electron chi connectivity index (χ4n) is 1.78. The molecule has 1 atom stereocenters. The van der Waals surface area contributed by atoms with Crippen LogP contribution in [0.1, 0.15) is 30.1 Å². The van der Waals surface area contributed by atoms with Gasteiger partial charge >= 0.3 is 0 Å². The standard InChI is InChI=1S/C16H23NO3/c1-3-4-5-16(19)17-12-15(20-11-10-18)14-8-6-13(2)7-9-14/h3,6-9,15,18H,1,4-5,10-12H2,2H3,(H,17,19). The maximum Gasteiger partial charge on any atom is 0.220 e. The van der Waals surface area contributed by atoms with Crippen LogP contribution in [-0.4, -0.2) is 30.8 Å². The number of benzene rings is 1. The molecule has 2 N–H and O–H groups in total. The van der Waals surface area contributed by atoms with Crippen LogP contribution in [0.4, 0.5) is 0 Å². The van der Waals surface area contributed by atoms with Crippen molar-refractivity contribution in [1.29, 1.82) is 0 Å². The molecular weight excluding hydrogens is 254 g/mol. The van der Waals surface area contributed by atoms with E-state index in [1.165, 1.54) is 5.56 Å². The summed E-state index contributed by atoms with van der Waals surface area (Å²) in [5.41, 5.74) is 2.16. The van der Waals surface area contributed by atoms with Gasteiger partial charge in [-0.1, -0.05) is 35.9 Å². The molecule has 0 aliphatic rings. The number of aliphatic hydroxyl groups excluding tert-OH is 1. The molecule has 0 radical (unpaired) electrons. The number of aliphatic hydroxyl groups is 1. The van der Waals surface area contributed by atoms with Gasteiger partial charge in [-0.05, 0) is 18.9 Å². The number of hydrogen-bond donors (Lipinski definition) is 2. The lowest BCUT2D eigenvalue weighted by atomic mass is 10.1. The van der Waals surface area contributed by atoms with Gasteiger partial charge < -0.3 is 15.2 Å². The van der Waals surface area contributed by atoms with Gasteiger partial charge in [-0.25, -0.2) is 0 Å². The Balaban J connectivity index is 2.57. The van der Waals surface area contributed by atoms with E-state index in [1.807, 2.05) is 31.2 Å². The van der Waals surface area contributed by atoms with Crippen LogP contribution in [0, 0.1) is 6.92 Å². The first-order valence-corrected chi connectivity index (χ1v) is 6.84. The van der Waals surface area contributed by atoms with E-state index in [9.17, 15) is 4.79 Å². The van der Waals surface area contributed by atoms with E-state index in [0.717, 1.165) is 5.56 Å². The maximum absolute atomic E-state index is 11.6. The number of aryl methyl sites for hydroxylation is 1. The average Bonchev–Trinajstić information content (AvgIpc) is 2.46. The topological polar surface area (TPSA) is 58.6 Å². The minimum atomic E-state index is -0.240. The van der Waals surface area contributed by atoms with E-state index >= 15 is 0 Å². The van der Waals surface area contributed by atoms with E-state index < -0.39 is 0 Å². The highest BCUT2D eigenvalue weighted by atomic mass is 16.5. The van der Waals surface area contributed by atoms with Crippen molar-refractivity contribution in [3.05, 3.63) is 48.0 Å². The Kier molecular flexibility index (Phi) is 7.62. The SMILES string of the molecule is C=CCCC(=O)NCC(OCCO)c1ccc(C)cc1. The van der Waals surface area contributed by atoms with Gasteiger partial charge in [-0.15, -0.1) is 6.58 Å². The van der Waals surface area contributed by atoms with Crippen LogP contribution in [-0.2, 0) is 9.53 Å². The number of nitrogens with one attached hydrogen (secondary N) is 1. The summed E-state index contributed by atoms with van der Waals surface area (Å²) in [6, 6.07) is 7.97. The first kappa shape index (κ1) is 16.4. The number of rotatable bonds is 9. The fraction of sp³-hybridized carbons (Fsp3) is 0.438. The molecule has 4 heteroatoms. The summed E-state index contributed by atoms with van der Waals surface area (Å²) in [5.74, 6) is -0.0189. The summed E-state index contributed by atoms with van der Waals surface area (Å²) < 4.78 is 5.59. The Hall–Kier alpha value is -1.65. The number of amides is 1. The van der Waals surface area contributed by atoms with Crippen molar-refractivity contribution in [3.8, 4) is 0 Å². The molecular formula is C16H23NO3. The lowest BCUT2D eigenvalue weighted by Gasteiger charge is -2.18. The number of hydrogen-bond acceptors (Lipinski definition) is 3. The molecule has 20 heavy (non-hydrogen) atoms. The molecule has 0 aromatic heterocycles. The Morgan fingerprint density at radius 1 is 1.45 bits per heavy atom. The third-order valence-electron chi connectivity index (χ3n) is 2.92. The lowest BCUT2D eigenvalue weighted by molar-refractivity contribution is -0.121. The average molecular weight is 277 g/mol. The van der Waals surface area contributed by atoms with Gasteiger partial charge in [0.25, 0.3) is 0 Å². The molecule has 1 unspecified atom stereocenters. The number of ether oxygens (including phenoxy) is 1. The van der Waals surface area contributed by atoms with Crippen LogP contribution < -0.4 is 5.32 Å². The van der Waals surface area contributed by atoms with Crippen molar-refractivity contribution in [2.45, 2.75) is 25.9 Å². The molecule has 0 fully saturated rings. The van der Waals surface area contributed by atoms with Crippen LogP contribution in [0.2, 0.25) is 0 Å². The largest absolute Gasteiger partial charge is 0.394 e. The summed E-state index contributed by atoms with van der Waals surface area (Å²) in [6.45, 7) is 6.23. The molecule has 0 aliphatic heterocycles. The monoisotopic (exact) mass is 277 g/mol. The highest BCUT2D eigenvalue weighted by Crippen LogP contribution is 2.17. The molecule has 0 aliphatic carbocycles. The minimum Gasteiger partial charge on any atom is -0.394 e. The summed E-state index contributed by atoms with van der Waals surface area (Å²) in [4.78, 5) is 11.6. The predicted molar refractivity (Wildman–Crippen MR) is 79.4 cm³/mol. The Labute approximate surface area is 120 Å². The van der Waals surface area contributed by atoms with Crippen molar-refractivity contribution in [2.24, 2.45) is 0 Å². The van der Waals surface area contributed by atoms with Gasteiger partial charge in [0.2, 0.25) is 5.91 Å². The summed E-state index contributed by atoms with van der Waals surface area (Å²) in [6.07, 6.45) is 2.58. The predicted octanol–water partition coefficient (Wildman–Crippen LogP) is 2.13. The quantitative estimate of drug-likeness (QED) is 0.680. The lowest BCUT2D eigenvalue weighted by Crippen LogP contribution is -2.29. The zero-order valence-electron chi connectivity index (χ0n) is 12.0. The Morgan fingerprint density at radius 3 is 2.75 bits per heavy atom. The minimum absolute atomic E-state index is 0.0189. The third kappa shape index (κ3) is 5.99. The van der Waals surface area contributed by atoms with E-state index in [0.29, 0.717) is 19.4 Å². The van der Waals surface area contributed by atoms with Crippen molar-refractivity contribution in [2.75, 3.05) is 19.8 Å². The molecule has 1 aromatic rings. The van der Waals surface area contributed by atoms with Gasteiger partial charge in [-0.3, -0.25) is 4.79 Å². The highest BCUT2D eigenvalue weighted by molar-refractivity contribution is 5.76. The van der Waals surface area contributed by atoms with Crippen LogP contribution in [0.15, 0.2) is 36.9 Å². The molecule has 0 heterocycles. The Bertz CT molecular complexity index is 414. The van der Waals surface area contributed by atoms with Gasteiger partial charge in [0.1, 0.15) is 0 Å². The first-order chi connectivity index (χ1) is 9.67. The van der Waals surface area contributed by atoms with Crippen molar-refractivity contribution in [3.63, 3.8) is 0 Å². The van der Waals surface area contributed by atoms with Crippen molar-refractivity contribution < 1.29 is 14.6 Å². The molecule has 1 aromatic carbocycles. The third-order valence-corrected chi connectivity index (χ3v) is 2.92. The Morgan fingerprint density at radius 2 is 2.15 bits per heavy atom. The van der Waals surface area contributed by atoms with Crippen LogP contribution in [0.25, 0.3) is 0 Å². The van der Waals surface area contributed by atoms with Gasteiger partial charge in [0.15, 0.2) is 0 Å². The van der Waals surface area contributed by atoms with Gasteiger partial charge in [0.05, 0.1) is 19.3 Å². The molecule has 0 saturated carbocycles. The van der Waals surface area contributed by atoms with Crippen molar-refractivity contribution >= 4 is 5.91 Å². The maximum atomic E-state index is 11.6. The van der Waals surface area contributed by atoms with Gasteiger partial charge in [-0.2, -0.15) is 0 Å². The van der Waals surface area contributed by atoms with E-state index in [1.54, 1.807) is 6.08 Å². The molecule has 4 nitrogen and oxygen atoms in total. The second-order valence-electron chi connectivity index (χ2n) is 4.63. The second-order valence-corrected chi connectivity index (χ2v) is 4.63. The smallest absolute Gasteiger partial charge is 0.220 e. The van der Waals surface area contributed by atoms with Crippen LogP contribution in [0.3, 0.4) is 0 Å². The summed E-state index contributed by atoms with van der Waals surface area (Å²) in [7, 11) is 0. The number of allylic oxidation sites excluding steroid dienone is 1. The molecule has 0 saturated heterocycles. The molecule has 0 spiro atoms. The van der Waals surface area contributed by atoms with Crippen LogP contribution in [0.5, 0.6) is 0 Å². The molecule has 110 valence electrons. The zero-order chi connectivity index (χ0) is 14.8.